The normalized spacial score (nSPS) is 31.4. The number of ether oxygens (including phenoxy) is 3. The first-order valence-electron chi connectivity index (χ1n) is 13.3. The minimum atomic E-state index is -1.27. The largest absolute Gasteiger partial charge is 0.492 e. The number of carbonyl (C=O) groups is 2. The SMILES string of the molecule is C1CCCC1.C=C1CCC2C3COCOC3CCC2(C)C1CCOc1c(C(=O)O)cncc1C(=O)O. The third-order valence-electron chi connectivity index (χ3n) is 8.81. The van der Waals surface area contributed by atoms with Crippen LogP contribution in [0.15, 0.2) is 24.5 Å². The van der Waals surface area contributed by atoms with E-state index >= 15 is 0 Å². The molecular formula is C28H39NO7. The van der Waals surface area contributed by atoms with Gasteiger partial charge in [0.15, 0.2) is 5.75 Å². The maximum atomic E-state index is 11.5. The summed E-state index contributed by atoms with van der Waals surface area (Å²) in [6.07, 6.45) is 14.6. The molecule has 0 aromatic carbocycles. The van der Waals surface area contributed by atoms with Crippen molar-refractivity contribution in [1.29, 1.82) is 0 Å². The summed E-state index contributed by atoms with van der Waals surface area (Å²) in [5.74, 6) is -1.63. The van der Waals surface area contributed by atoms with Crippen LogP contribution in [-0.4, -0.2) is 53.2 Å². The highest BCUT2D eigenvalue weighted by Gasteiger charge is 2.53. The molecule has 5 rings (SSSR count). The molecule has 1 saturated heterocycles. The number of carboxylic acid groups (broad SMARTS) is 2. The second kappa shape index (κ2) is 11.7. The molecule has 5 atom stereocenters. The van der Waals surface area contributed by atoms with Crippen LogP contribution in [0.1, 0.15) is 91.8 Å². The van der Waals surface area contributed by atoms with Gasteiger partial charge in [-0.1, -0.05) is 51.2 Å². The molecule has 0 amide bonds. The molecule has 8 heteroatoms. The summed E-state index contributed by atoms with van der Waals surface area (Å²) >= 11 is 0. The van der Waals surface area contributed by atoms with Crippen molar-refractivity contribution in [2.75, 3.05) is 20.0 Å². The number of aromatic carboxylic acids is 2. The van der Waals surface area contributed by atoms with Gasteiger partial charge >= 0.3 is 11.9 Å². The molecule has 1 aliphatic heterocycles. The molecule has 0 radical (unpaired) electrons. The zero-order valence-corrected chi connectivity index (χ0v) is 21.2. The molecule has 2 N–H and O–H groups in total. The van der Waals surface area contributed by atoms with Gasteiger partial charge in [0.1, 0.15) is 17.9 Å². The van der Waals surface area contributed by atoms with Gasteiger partial charge in [-0.05, 0) is 49.4 Å². The van der Waals surface area contributed by atoms with E-state index < -0.39 is 11.9 Å². The number of rotatable bonds is 6. The third-order valence-corrected chi connectivity index (χ3v) is 8.81. The fraction of sp³-hybridized carbons (Fsp3) is 0.679. The van der Waals surface area contributed by atoms with Crippen LogP contribution in [0, 0.1) is 23.2 Å². The van der Waals surface area contributed by atoms with Crippen molar-refractivity contribution in [2.45, 2.75) is 77.2 Å². The molecule has 0 bridgehead atoms. The Morgan fingerprint density at radius 2 is 1.75 bits per heavy atom. The summed E-state index contributed by atoms with van der Waals surface area (Å²) < 4.78 is 17.3. The molecule has 8 nitrogen and oxygen atoms in total. The van der Waals surface area contributed by atoms with Gasteiger partial charge in [0.25, 0.3) is 0 Å². The van der Waals surface area contributed by atoms with E-state index in [0.717, 1.165) is 44.7 Å². The predicted octanol–water partition coefficient (Wildman–Crippen LogP) is 5.57. The van der Waals surface area contributed by atoms with Gasteiger partial charge in [-0.3, -0.25) is 4.98 Å². The smallest absolute Gasteiger partial charge is 0.341 e. The first-order chi connectivity index (χ1) is 17.3. The maximum Gasteiger partial charge on any atom is 0.341 e. The molecule has 5 unspecified atom stereocenters. The van der Waals surface area contributed by atoms with E-state index in [4.69, 9.17) is 14.2 Å². The van der Waals surface area contributed by atoms with Crippen LogP contribution in [0.25, 0.3) is 0 Å². The van der Waals surface area contributed by atoms with Crippen LogP contribution in [0.3, 0.4) is 0 Å². The number of pyridine rings is 1. The summed E-state index contributed by atoms with van der Waals surface area (Å²) in [6, 6.07) is 0. The summed E-state index contributed by atoms with van der Waals surface area (Å²) in [6.45, 7) is 7.95. The van der Waals surface area contributed by atoms with E-state index in [2.05, 4.69) is 18.5 Å². The number of aromatic nitrogens is 1. The second-order valence-corrected chi connectivity index (χ2v) is 10.8. The molecule has 4 aliphatic rings. The second-order valence-electron chi connectivity index (χ2n) is 10.8. The maximum absolute atomic E-state index is 11.5. The highest BCUT2D eigenvalue weighted by molar-refractivity contribution is 5.98. The molecule has 1 aromatic heterocycles. The molecule has 3 aliphatic carbocycles. The molecule has 36 heavy (non-hydrogen) atoms. The minimum Gasteiger partial charge on any atom is -0.492 e. The van der Waals surface area contributed by atoms with Gasteiger partial charge in [-0.2, -0.15) is 0 Å². The number of hydrogen-bond donors (Lipinski definition) is 2. The first-order valence-corrected chi connectivity index (χ1v) is 13.3. The van der Waals surface area contributed by atoms with Crippen LogP contribution in [-0.2, 0) is 9.47 Å². The van der Waals surface area contributed by atoms with E-state index in [1.165, 1.54) is 37.7 Å². The average Bonchev–Trinajstić information content (AvgIpc) is 3.45. The molecule has 3 saturated carbocycles. The van der Waals surface area contributed by atoms with Gasteiger partial charge in [-0.15, -0.1) is 0 Å². The van der Waals surface area contributed by atoms with Crippen molar-refractivity contribution in [3.8, 4) is 5.75 Å². The summed E-state index contributed by atoms with van der Waals surface area (Å²) in [5.41, 5.74) is 0.727. The Balaban J connectivity index is 0.000000543. The minimum absolute atomic E-state index is 0.0351. The lowest BCUT2D eigenvalue weighted by atomic mass is 9.50. The van der Waals surface area contributed by atoms with E-state index in [9.17, 15) is 19.8 Å². The van der Waals surface area contributed by atoms with Gasteiger partial charge in [0.2, 0.25) is 0 Å². The highest BCUT2D eigenvalue weighted by atomic mass is 16.7. The topological polar surface area (TPSA) is 115 Å². The van der Waals surface area contributed by atoms with Gasteiger partial charge < -0.3 is 24.4 Å². The Morgan fingerprint density at radius 1 is 1.11 bits per heavy atom. The van der Waals surface area contributed by atoms with E-state index in [1.54, 1.807) is 0 Å². The predicted molar refractivity (Wildman–Crippen MR) is 133 cm³/mol. The van der Waals surface area contributed by atoms with Crippen molar-refractivity contribution in [1.82, 2.24) is 4.98 Å². The van der Waals surface area contributed by atoms with Crippen LogP contribution in [0.5, 0.6) is 5.75 Å². The van der Waals surface area contributed by atoms with E-state index in [1.807, 2.05) is 0 Å². The summed E-state index contributed by atoms with van der Waals surface area (Å²) in [5, 5.41) is 18.8. The monoisotopic (exact) mass is 501 g/mol. The Morgan fingerprint density at radius 3 is 2.36 bits per heavy atom. The Labute approximate surface area is 213 Å². The summed E-state index contributed by atoms with van der Waals surface area (Å²) in [4.78, 5) is 26.8. The average molecular weight is 502 g/mol. The van der Waals surface area contributed by atoms with Crippen LogP contribution < -0.4 is 4.74 Å². The molecule has 4 fully saturated rings. The lowest BCUT2D eigenvalue weighted by molar-refractivity contribution is -0.218. The van der Waals surface area contributed by atoms with Crippen molar-refractivity contribution in [3.05, 3.63) is 35.7 Å². The van der Waals surface area contributed by atoms with Crippen molar-refractivity contribution in [2.24, 2.45) is 23.2 Å². The van der Waals surface area contributed by atoms with E-state index in [-0.39, 0.29) is 40.9 Å². The molecular weight excluding hydrogens is 462 g/mol. The lowest BCUT2D eigenvalue weighted by Gasteiger charge is -2.57. The quantitative estimate of drug-likeness (QED) is 0.486. The van der Waals surface area contributed by atoms with Crippen molar-refractivity contribution < 1.29 is 34.0 Å². The van der Waals surface area contributed by atoms with Crippen LogP contribution in [0.2, 0.25) is 0 Å². The fourth-order valence-corrected chi connectivity index (χ4v) is 6.91. The Hall–Kier alpha value is -2.45. The van der Waals surface area contributed by atoms with Gasteiger partial charge in [0.05, 0.1) is 19.3 Å². The van der Waals surface area contributed by atoms with Crippen LogP contribution in [0.4, 0.5) is 0 Å². The Bertz CT molecular complexity index is 919. The van der Waals surface area contributed by atoms with E-state index in [0.29, 0.717) is 25.0 Å². The number of nitrogens with zero attached hydrogens (tertiary/aromatic N) is 1. The lowest BCUT2D eigenvalue weighted by Crippen LogP contribution is -2.54. The highest BCUT2D eigenvalue weighted by Crippen LogP contribution is 2.58. The molecule has 198 valence electrons. The molecule has 1 aromatic rings. The third kappa shape index (κ3) is 5.59. The Kier molecular flexibility index (Phi) is 8.67. The van der Waals surface area contributed by atoms with Crippen LogP contribution >= 0.6 is 0 Å². The standard InChI is InChI=1S/C23H29NO7.C5H10/c1-13-3-4-18-16-11-29-12-31-19(16)5-7-23(18,2)17(13)6-8-30-20-14(21(25)26)9-24-10-15(20)22(27)28;1-2-4-5-3-1/h9-10,16-19H,1,3-8,11-12H2,2H3,(H,25,26)(H,27,28);1-5H2. The van der Waals surface area contributed by atoms with Crippen molar-refractivity contribution in [3.63, 3.8) is 0 Å². The number of hydrogen-bond acceptors (Lipinski definition) is 6. The summed E-state index contributed by atoms with van der Waals surface area (Å²) in [7, 11) is 0. The molecule has 0 spiro atoms. The number of carboxylic acids is 2. The zero-order chi connectivity index (χ0) is 25.7. The van der Waals surface area contributed by atoms with Gasteiger partial charge in [-0.25, -0.2) is 9.59 Å². The fourth-order valence-electron chi connectivity index (χ4n) is 6.91. The van der Waals surface area contributed by atoms with Gasteiger partial charge in [0, 0.05) is 18.3 Å². The zero-order valence-electron chi connectivity index (χ0n) is 21.2. The van der Waals surface area contributed by atoms with Crippen molar-refractivity contribution >= 4 is 11.9 Å². The number of allylic oxidation sites excluding steroid dienone is 1. The first kappa shape index (κ1) is 26.6. The molecule has 2 heterocycles. The number of fused-ring (bicyclic) bond motifs is 3.